The van der Waals surface area contributed by atoms with E-state index in [0.717, 1.165) is 23.6 Å². The number of hydrogen-bond acceptors (Lipinski definition) is 4. The van der Waals surface area contributed by atoms with E-state index in [1.54, 1.807) is 7.11 Å². The molecule has 1 amide bonds. The standard InChI is InChI=1S/C25H28N2O3/c1-5-19-7-6-8-23(16-19)30-22-12-9-20(10-13-22)27-25(28)24-14-11-21(26-18(24)3)15-17(2)29-4/h6-14,16-17H,5,15H2,1-4H3,(H,27,28). The number of ether oxygens (including phenoxy) is 2. The van der Waals surface area contributed by atoms with Crippen molar-refractivity contribution in [3.8, 4) is 11.5 Å². The fraction of sp³-hybridized carbons (Fsp3) is 0.280. The number of benzene rings is 2. The minimum Gasteiger partial charge on any atom is -0.457 e. The van der Waals surface area contributed by atoms with Crippen molar-refractivity contribution >= 4 is 11.6 Å². The van der Waals surface area contributed by atoms with Crippen molar-refractivity contribution in [2.24, 2.45) is 0 Å². The molecule has 0 spiro atoms. The van der Waals surface area contributed by atoms with Crippen LogP contribution in [-0.4, -0.2) is 24.1 Å². The van der Waals surface area contributed by atoms with Gasteiger partial charge in [-0.3, -0.25) is 9.78 Å². The lowest BCUT2D eigenvalue weighted by molar-refractivity contribution is 0.102. The summed E-state index contributed by atoms with van der Waals surface area (Å²) >= 11 is 0. The average molecular weight is 405 g/mol. The first-order chi connectivity index (χ1) is 14.5. The van der Waals surface area contributed by atoms with Crippen LogP contribution in [-0.2, 0) is 17.6 Å². The van der Waals surface area contributed by atoms with Crippen LogP contribution in [0.5, 0.6) is 11.5 Å². The molecule has 0 aliphatic heterocycles. The topological polar surface area (TPSA) is 60.5 Å². The fourth-order valence-corrected chi connectivity index (χ4v) is 3.11. The highest BCUT2D eigenvalue weighted by molar-refractivity contribution is 6.05. The molecule has 0 aliphatic carbocycles. The largest absolute Gasteiger partial charge is 0.457 e. The first-order valence-corrected chi connectivity index (χ1v) is 10.2. The third kappa shape index (κ3) is 5.67. The van der Waals surface area contributed by atoms with Gasteiger partial charge in [-0.2, -0.15) is 0 Å². The molecule has 1 N–H and O–H groups in total. The van der Waals surface area contributed by atoms with Gasteiger partial charge in [-0.25, -0.2) is 0 Å². The van der Waals surface area contributed by atoms with E-state index in [1.807, 2.05) is 68.4 Å². The Hall–Kier alpha value is -3.18. The van der Waals surface area contributed by atoms with Crippen LogP contribution in [0.25, 0.3) is 0 Å². The summed E-state index contributed by atoms with van der Waals surface area (Å²) in [6.07, 6.45) is 1.76. The smallest absolute Gasteiger partial charge is 0.257 e. The molecule has 3 aromatic rings. The van der Waals surface area contributed by atoms with Crippen LogP contribution in [0.2, 0.25) is 0 Å². The number of pyridine rings is 1. The summed E-state index contributed by atoms with van der Waals surface area (Å²) in [7, 11) is 1.68. The van der Waals surface area contributed by atoms with Crippen molar-refractivity contribution in [1.29, 1.82) is 0 Å². The fourth-order valence-electron chi connectivity index (χ4n) is 3.11. The average Bonchev–Trinajstić information content (AvgIpc) is 2.75. The lowest BCUT2D eigenvalue weighted by Gasteiger charge is -2.12. The van der Waals surface area contributed by atoms with Crippen LogP contribution in [0.15, 0.2) is 60.7 Å². The van der Waals surface area contributed by atoms with Crippen molar-refractivity contribution in [2.75, 3.05) is 12.4 Å². The van der Waals surface area contributed by atoms with Gasteiger partial charge in [0.25, 0.3) is 5.91 Å². The third-order valence-corrected chi connectivity index (χ3v) is 4.94. The number of nitrogens with one attached hydrogen (secondary N) is 1. The maximum Gasteiger partial charge on any atom is 0.257 e. The molecule has 0 radical (unpaired) electrons. The lowest BCUT2D eigenvalue weighted by Crippen LogP contribution is -2.16. The first-order valence-electron chi connectivity index (χ1n) is 10.2. The van der Waals surface area contributed by atoms with Crippen LogP contribution in [0.3, 0.4) is 0 Å². The van der Waals surface area contributed by atoms with Gasteiger partial charge in [0.15, 0.2) is 0 Å². The molecule has 0 aliphatic rings. The van der Waals surface area contributed by atoms with E-state index in [4.69, 9.17) is 9.47 Å². The Balaban J connectivity index is 1.64. The van der Waals surface area contributed by atoms with E-state index in [1.165, 1.54) is 5.56 Å². The molecule has 0 saturated heterocycles. The molecule has 0 fully saturated rings. The quantitative estimate of drug-likeness (QED) is 0.533. The van der Waals surface area contributed by atoms with Crippen LogP contribution in [0.1, 0.15) is 41.2 Å². The SMILES string of the molecule is CCc1cccc(Oc2ccc(NC(=O)c3ccc(CC(C)OC)nc3C)cc2)c1. The number of anilines is 1. The van der Waals surface area contributed by atoms with Gasteiger partial charge in [-0.05, 0) is 74.4 Å². The van der Waals surface area contributed by atoms with Gasteiger partial charge in [-0.15, -0.1) is 0 Å². The highest BCUT2D eigenvalue weighted by Gasteiger charge is 2.12. The van der Waals surface area contributed by atoms with Gasteiger partial charge in [-0.1, -0.05) is 19.1 Å². The molecule has 2 aromatic carbocycles. The summed E-state index contributed by atoms with van der Waals surface area (Å²) in [4.78, 5) is 17.2. The van der Waals surface area contributed by atoms with Gasteiger partial charge < -0.3 is 14.8 Å². The van der Waals surface area contributed by atoms with Crippen molar-refractivity contribution in [3.05, 3.63) is 83.2 Å². The van der Waals surface area contributed by atoms with Crippen LogP contribution >= 0.6 is 0 Å². The molecule has 30 heavy (non-hydrogen) atoms. The second kappa shape index (κ2) is 10.0. The third-order valence-electron chi connectivity index (χ3n) is 4.94. The van der Waals surface area contributed by atoms with Crippen LogP contribution in [0, 0.1) is 6.92 Å². The van der Waals surface area contributed by atoms with Crippen molar-refractivity contribution in [1.82, 2.24) is 4.98 Å². The number of nitrogens with zero attached hydrogens (tertiary/aromatic N) is 1. The number of carbonyl (C=O) groups is 1. The molecule has 156 valence electrons. The Morgan fingerprint density at radius 2 is 1.83 bits per heavy atom. The number of aryl methyl sites for hydroxylation is 2. The van der Waals surface area contributed by atoms with E-state index >= 15 is 0 Å². The Morgan fingerprint density at radius 3 is 2.50 bits per heavy atom. The molecule has 5 nitrogen and oxygen atoms in total. The maximum atomic E-state index is 12.7. The van der Waals surface area contributed by atoms with Crippen molar-refractivity contribution in [3.63, 3.8) is 0 Å². The van der Waals surface area contributed by atoms with Gasteiger partial charge in [0.05, 0.1) is 17.4 Å². The molecule has 1 aromatic heterocycles. The van der Waals surface area contributed by atoms with E-state index in [2.05, 4.69) is 23.3 Å². The van der Waals surface area contributed by atoms with Gasteiger partial charge in [0, 0.05) is 24.9 Å². The Morgan fingerprint density at radius 1 is 1.07 bits per heavy atom. The predicted molar refractivity (Wildman–Crippen MR) is 119 cm³/mol. The van der Waals surface area contributed by atoms with Gasteiger partial charge in [0.2, 0.25) is 0 Å². The number of amides is 1. The summed E-state index contributed by atoms with van der Waals surface area (Å²) in [5, 5.41) is 2.92. The summed E-state index contributed by atoms with van der Waals surface area (Å²) in [5.41, 5.74) is 4.09. The van der Waals surface area contributed by atoms with Crippen molar-refractivity contribution in [2.45, 2.75) is 39.7 Å². The van der Waals surface area contributed by atoms with Gasteiger partial charge >= 0.3 is 0 Å². The molecule has 1 unspecified atom stereocenters. The zero-order chi connectivity index (χ0) is 21.5. The normalized spacial score (nSPS) is 11.7. The number of hydrogen-bond donors (Lipinski definition) is 1. The minimum atomic E-state index is -0.185. The van der Waals surface area contributed by atoms with E-state index in [0.29, 0.717) is 23.4 Å². The molecule has 1 heterocycles. The van der Waals surface area contributed by atoms with Gasteiger partial charge in [0.1, 0.15) is 11.5 Å². The molecule has 1 atom stereocenters. The van der Waals surface area contributed by atoms with E-state index < -0.39 is 0 Å². The van der Waals surface area contributed by atoms with Crippen LogP contribution in [0.4, 0.5) is 5.69 Å². The zero-order valence-electron chi connectivity index (χ0n) is 17.9. The summed E-state index contributed by atoms with van der Waals surface area (Å²) in [6.45, 7) is 5.95. The second-order valence-electron chi connectivity index (χ2n) is 7.27. The van der Waals surface area contributed by atoms with E-state index in [-0.39, 0.29) is 12.0 Å². The highest BCUT2D eigenvalue weighted by atomic mass is 16.5. The second-order valence-corrected chi connectivity index (χ2v) is 7.27. The predicted octanol–water partition coefficient (Wildman–Crippen LogP) is 5.57. The number of methoxy groups -OCH3 is 1. The number of rotatable bonds is 8. The highest BCUT2D eigenvalue weighted by Crippen LogP contribution is 2.24. The Bertz CT molecular complexity index is 1000. The summed E-state index contributed by atoms with van der Waals surface area (Å²) in [6, 6.07) is 19.1. The minimum absolute atomic E-state index is 0.0850. The molecular weight excluding hydrogens is 376 g/mol. The number of carbonyl (C=O) groups excluding carboxylic acids is 1. The maximum absolute atomic E-state index is 12.7. The van der Waals surface area contributed by atoms with Crippen LogP contribution < -0.4 is 10.1 Å². The van der Waals surface area contributed by atoms with Crippen molar-refractivity contribution < 1.29 is 14.3 Å². The summed E-state index contributed by atoms with van der Waals surface area (Å²) in [5.74, 6) is 1.34. The first kappa shape index (κ1) is 21.5. The molecule has 0 bridgehead atoms. The molecule has 5 heteroatoms. The monoisotopic (exact) mass is 404 g/mol. The lowest BCUT2D eigenvalue weighted by atomic mass is 10.1. The summed E-state index contributed by atoms with van der Waals surface area (Å²) < 4.78 is 11.2. The Labute approximate surface area is 178 Å². The van der Waals surface area contributed by atoms with E-state index in [9.17, 15) is 4.79 Å². The molecule has 3 rings (SSSR count). The zero-order valence-corrected chi connectivity index (χ0v) is 17.9. The molecule has 0 saturated carbocycles. The number of aromatic nitrogens is 1. The molecular formula is C25H28N2O3. The Kier molecular flexibility index (Phi) is 7.20.